The Balaban J connectivity index is 0. The summed E-state index contributed by atoms with van der Waals surface area (Å²) in [6.07, 6.45) is 0. The molecule has 2 aromatic carbocycles. The van der Waals surface area contributed by atoms with Crippen molar-refractivity contribution in [2.24, 2.45) is 5.73 Å². The van der Waals surface area contributed by atoms with E-state index < -0.39 is 0 Å². The van der Waals surface area contributed by atoms with Crippen LogP contribution in [0.5, 0.6) is 0 Å². The Hall–Kier alpha value is -1.15. The van der Waals surface area contributed by atoms with Crippen molar-refractivity contribution in [1.82, 2.24) is 0 Å². The zero-order chi connectivity index (χ0) is 12.2. The average molecular weight is 273 g/mol. The maximum absolute atomic E-state index is 10.5. The second kappa shape index (κ2) is 12.9. The Morgan fingerprint density at radius 1 is 1.12 bits per heavy atom. The van der Waals surface area contributed by atoms with Crippen molar-refractivity contribution >= 4 is 5.78 Å². The summed E-state index contributed by atoms with van der Waals surface area (Å²) in [5, 5.41) is 0. The van der Waals surface area contributed by atoms with Crippen LogP contribution in [-0.2, 0) is 17.1 Å². The van der Waals surface area contributed by atoms with E-state index >= 15 is 0 Å². The first kappa shape index (κ1) is 18.2. The number of hydrogen-bond donors (Lipinski definition) is 1. The zero-order valence-electron chi connectivity index (χ0n) is 10.2. The molecule has 3 heteroatoms. The van der Waals surface area contributed by atoms with Crippen LogP contribution >= 0.6 is 0 Å². The van der Waals surface area contributed by atoms with Crippen LogP contribution in [0.1, 0.15) is 24.2 Å². The summed E-state index contributed by atoms with van der Waals surface area (Å²) in [6.45, 7) is 4.22. The van der Waals surface area contributed by atoms with Gasteiger partial charge in [0.1, 0.15) is 5.78 Å². The molecule has 0 unspecified atom stereocenters. The van der Waals surface area contributed by atoms with Gasteiger partial charge in [-0.1, -0.05) is 12.5 Å². The van der Waals surface area contributed by atoms with Crippen molar-refractivity contribution < 1.29 is 21.9 Å². The summed E-state index contributed by atoms with van der Waals surface area (Å²) in [5.74, 6) is 0.134. The van der Waals surface area contributed by atoms with Gasteiger partial charge in [0.2, 0.25) is 0 Å². The van der Waals surface area contributed by atoms with E-state index in [1.807, 2.05) is 61.5 Å². The first-order valence-corrected chi connectivity index (χ1v) is 5.31. The number of ketones is 1. The van der Waals surface area contributed by atoms with Crippen LogP contribution in [0.3, 0.4) is 0 Å². The molecule has 0 atom stereocenters. The molecule has 0 heterocycles. The number of carbonyl (C=O) groups is 1. The Kier molecular flexibility index (Phi) is 13.8. The molecule has 0 saturated carbocycles. The standard InChI is InChI=1S/C7H7O.C5H5.C2H7N.Fe/c1-6(8)7-4-2-3-5-7;1-2-4-5-3-1;1-2-3;/h2-5H,1H3;1-5H;2-3H2,1H3;/q-1;-5;;. The second-order valence-electron chi connectivity index (χ2n) is 3.10. The number of nitrogens with two attached hydrogens (primary N) is 1. The van der Waals surface area contributed by atoms with E-state index in [4.69, 9.17) is 5.73 Å². The third-order valence-electron chi connectivity index (χ3n) is 1.62. The van der Waals surface area contributed by atoms with Gasteiger partial charge < -0.3 is 40.9 Å². The molecule has 0 aromatic heterocycles. The molecule has 0 aliphatic rings. The Morgan fingerprint density at radius 3 is 1.59 bits per heavy atom. The van der Waals surface area contributed by atoms with E-state index in [-0.39, 0.29) is 22.9 Å². The fourth-order valence-electron chi connectivity index (χ4n) is 0.929. The summed E-state index contributed by atoms with van der Waals surface area (Å²) in [4.78, 5) is 10.5. The van der Waals surface area contributed by atoms with E-state index in [1.54, 1.807) is 6.92 Å². The summed E-state index contributed by atoms with van der Waals surface area (Å²) in [5.41, 5.74) is 5.64. The van der Waals surface area contributed by atoms with Gasteiger partial charge in [0, 0.05) is 17.1 Å². The molecule has 0 spiro atoms. The smallest absolute Gasteiger partial charge is 0.105 e. The van der Waals surface area contributed by atoms with Gasteiger partial charge in [-0.2, -0.15) is 12.1 Å². The van der Waals surface area contributed by atoms with E-state index in [0.717, 1.165) is 12.1 Å². The zero-order valence-corrected chi connectivity index (χ0v) is 11.3. The third-order valence-corrected chi connectivity index (χ3v) is 1.62. The summed E-state index contributed by atoms with van der Waals surface area (Å²) in [7, 11) is 0. The van der Waals surface area contributed by atoms with E-state index in [0.29, 0.717) is 0 Å². The van der Waals surface area contributed by atoms with Crippen molar-refractivity contribution in [3.63, 3.8) is 0 Å². The molecule has 2 rings (SSSR count). The molecule has 2 aromatic rings. The van der Waals surface area contributed by atoms with Gasteiger partial charge in [0.25, 0.3) is 0 Å². The van der Waals surface area contributed by atoms with Gasteiger partial charge >= 0.3 is 0 Å². The molecule has 2 N–H and O–H groups in total. The van der Waals surface area contributed by atoms with Crippen LogP contribution in [0.25, 0.3) is 0 Å². The molecular formula is C14H19FeNO-6. The Bertz CT molecular complexity index is 321. The van der Waals surface area contributed by atoms with E-state index in [1.165, 1.54) is 0 Å². The Morgan fingerprint density at radius 2 is 1.41 bits per heavy atom. The van der Waals surface area contributed by atoms with Crippen LogP contribution in [0, 0.1) is 0 Å². The molecular weight excluding hydrogens is 254 g/mol. The number of rotatable bonds is 1. The predicted octanol–water partition coefficient (Wildman–Crippen LogP) is 2.98. The molecule has 2 nitrogen and oxygen atoms in total. The molecule has 0 aliphatic carbocycles. The minimum atomic E-state index is 0. The van der Waals surface area contributed by atoms with Crippen LogP contribution in [0.4, 0.5) is 0 Å². The number of carbonyl (C=O) groups excluding carboxylic acids is 1. The van der Waals surface area contributed by atoms with Gasteiger partial charge in [-0.25, -0.2) is 12.1 Å². The summed E-state index contributed by atoms with van der Waals surface area (Å²) >= 11 is 0. The number of hydrogen-bond acceptors (Lipinski definition) is 2. The van der Waals surface area contributed by atoms with Crippen molar-refractivity contribution in [3.05, 3.63) is 60.2 Å². The van der Waals surface area contributed by atoms with Crippen molar-refractivity contribution in [3.8, 4) is 0 Å². The maximum Gasteiger partial charge on any atom is 0.105 e. The van der Waals surface area contributed by atoms with Crippen LogP contribution in [0.15, 0.2) is 54.6 Å². The molecule has 0 bridgehead atoms. The topological polar surface area (TPSA) is 43.1 Å². The minimum Gasteiger partial charge on any atom is -0.748 e. The largest absolute Gasteiger partial charge is 0.748 e. The van der Waals surface area contributed by atoms with Crippen LogP contribution < -0.4 is 5.73 Å². The fourth-order valence-corrected chi connectivity index (χ4v) is 0.929. The Labute approximate surface area is 114 Å². The van der Waals surface area contributed by atoms with Crippen molar-refractivity contribution in [1.29, 1.82) is 0 Å². The molecule has 0 saturated heterocycles. The molecule has 0 fully saturated rings. The van der Waals surface area contributed by atoms with Gasteiger partial charge in [-0.3, -0.25) is 0 Å². The fraction of sp³-hybridized carbons (Fsp3) is 0.214. The van der Waals surface area contributed by atoms with Crippen molar-refractivity contribution in [2.45, 2.75) is 13.8 Å². The molecule has 0 aliphatic heterocycles. The van der Waals surface area contributed by atoms with Crippen molar-refractivity contribution in [2.75, 3.05) is 6.54 Å². The monoisotopic (exact) mass is 273 g/mol. The predicted molar refractivity (Wildman–Crippen MR) is 68.8 cm³/mol. The maximum atomic E-state index is 10.5. The molecule has 0 amide bonds. The van der Waals surface area contributed by atoms with Gasteiger partial charge in [-0.05, 0) is 13.5 Å². The molecule has 17 heavy (non-hydrogen) atoms. The SMILES string of the molecule is CC(=O)[c-]1cccc1.CCN.[Fe].[cH-]1[cH-][cH-][cH-][cH-]1. The second-order valence-corrected chi connectivity index (χ2v) is 3.10. The first-order valence-electron chi connectivity index (χ1n) is 5.31. The normalized spacial score (nSPS) is 7.71. The van der Waals surface area contributed by atoms with E-state index in [9.17, 15) is 4.79 Å². The van der Waals surface area contributed by atoms with Gasteiger partial charge in [0.05, 0.1) is 0 Å². The molecule has 0 radical (unpaired) electrons. The van der Waals surface area contributed by atoms with Crippen LogP contribution in [-0.4, -0.2) is 12.3 Å². The van der Waals surface area contributed by atoms with E-state index in [2.05, 4.69) is 0 Å². The minimum absolute atomic E-state index is 0. The van der Waals surface area contributed by atoms with Crippen LogP contribution in [0.2, 0.25) is 0 Å². The number of Topliss-reactive ketones (excluding diaryl/α,β-unsaturated/α-hetero) is 1. The average Bonchev–Trinajstić information content (AvgIpc) is 2.96. The van der Waals surface area contributed by atoms with Gasteiger partial charge in [0.15, 0.2) is 0 Å². The first-order chi connectivity index (χ1) is 7.72. The summed E-state index contributed by atoms with van der Waals surface area (Å²) in [6, 6.07) is 17.3. The third kappa shape index (κ3) is 11.1. The van der Waals surface area contributed by atoms with Gasteiger partial charge in [-0.15, -0.1) is 0 Å². The summed E-state index contributed by atoms with van der Waals surface area (Å²) < 4.78 is 0. The molecule has 100 valence electrons. The quantitative estimate of drug-likeness (QED) is 0.493.